The number of nitrogens with one attached hydrogen (secondary N) is 1. The SMILES string of the molecule is [2H]c1c([2H])c([2H])c(-c2c([2H])c([2H])c([2H])c([2H])c2-c2cccc3c2c2ccccc2n3-c2ccc3c4ccccc4n(-c4cccc5c4[nH]c4ccccc45)c3c2)c([2H])c1[2H]. The molecule has 0 saturated carbocycles. The van der Waals surface area contributed by atoms with Crippen LogP contribution in [0.5, 0.6) is 0 Å². The van der Waals surface area contributed by atoms with Crippen molar-refractivity contribution in [3.8, 4) is 33.6 Å². The minimum Gasteiger partial charge on any atom is -0.353 e. The zero-order valence-electron chi connectivity index (χ0n) is 36.0. The molecule has 0 unspecified atom stereocenters. The lowest BCUT2D eigenvalue weighted by Crippen LogP contribution is -1.97. The van der Waals surface area contributed by atoms with E-state index in [0.29, 0.717) is 10.9 Å². The van der Waals surface area contributed by atoms with E-state index < -0.39 is 48.3 Å². The Bertz CT molecular complexity index is 3640. The van der Waals surface area contributed by atoms with E-state index in [0.717, 1.165) is 71.4 Å². The van der Waals surface area contributed by atoms with Gasteiger partial charge in [0, 0.05) is 43.5 Å². The smallest absolute Gasteiger partial charge is 0.0709 e. The topological polar surface area (TPSA) is 25.6 Å². The molecule has 238 valence electrons. The van der Waals surface area contributed by atoms with E-state index in [1.165, 1.54) is 0 Å². The van der Waals surface area contributed by atoms with Crippen molar-refractivity contribution in [2.75, 3.05) is 0 Å². The maximum absolute atomic E-state index is 9.29. The number of aromatic amines is 1. The summed E-state index contributed by atoms with van der Waals surface area (Å²) in [6.45, 7) is 0. The Balaban J connectivity index is 1.23. The van der Waals surface area contributed by atoms with E-state index >= 15 is 0 Å². The average Bonchev–Trinajstić information content (AvgIpc) is 3.94. The van der Waals surface area contributed by atoms with Crippen LogP contribution in [0.15, 0.2) is 182 Å². The molecule has 51 heavy (non-hydrogen) atoms. The van der Waals surface area contributed by atoms with Crippen LogP contribution in [-0.4, -0.2) is 14.1 Å². The molecule has 3 heterocycles. The number of aromatic nitrogens is 3. The molecule has 0 aliphatic carbocycles. The van der Waals surface area contributed by atoms with Crippen molar-refractivity contribution in [2.24, 2.45) is 0 Å². The highest BCUT2D eigenvalue weighted by Crippen LogP contribution is 2.43. The molecule has 0 fully saturated rings. The molecule has 3 nitrogen and oxygen atoms in total. The van der Waals surface area contributed by atoms with Crippen molar-refractivity contribution >= 4 is 65.4 Å². The summed E-state index contributed by atoms with van der Waals surface area (Å²) in [5.74, 6) is 0. The Labute approximate surface area is 306 Å². The van der Waals surface area contributed by atoms with Crippen molar-refractivity contribution in [1.29, 1.82) is 0 Å². The zero-order chi connectivity index (χ0) is 41.3. The minimum atomic E-state index is -0.590. The zero-order valence-corrected chi connectivity index (χ0v) is 27.0. The van der Waals surface area contributed by atoms with E-state index in [1.807, 2.05) is 42.5 Å². The molecule has 11 rings (SSSR count). The second-order valence-electron chi connectivity index (χ2n) is 12.7. The summed E-state index contributed by atoms with van der Waals surface area (Å²) in [5, 5.41) is 5.96. The van der Waals surface area contributed by atoms with Crippen LogP contribution >= 0.6 is 0 Å². The Hall–Kier alpha value is -6.84. The average molecular weight is 659 g/mol. The summed E-state index contributed by atoms with van der Waals surface area (Å²) in [4.78, 5) is 3.69. The number of rotatable bonds is 4. The molecule has 3 aromatic heterocycles. The lowest BCUT2D eigenvalue weighted by Gasteiger charge is -2.13. The molecule has 0 aliphatic heterocycles. The molecule has 0 atom stereocenters. The number of H-pyrrole nitrogens is 1. The number of hydrogen-bond acceptors (Lipinski definition) is 0. The molecule has 0 spiro atoms. The van der Waals surface area contributed by atoms with Crippen LogP contribution in [0.25, 0.3) is 99.0 Å². The third-order valence-corrected chi connectivity index (χ3v) is 10.1. The van der Waals surface area contributed by atoms with E-state index in [-0.39, 0.29) is 22.7 Å². The van der Waals surface area contributed by atoms with Crippen LogP contribution < -0.4 is 0 Å². The monoisotopic (exact) mass is 658 g/mol. The summed E-state index contributed by atoms with van der Waals surface area (Å²) < 4.78 is 83.1. The van der Waals surface area contributed by atoms with E-state index in [1.54, 1.807) is 6.07 Å². The van der Waals surface area contributed by atoms with Crippen LogP contribution in [-0.2, 0) is 0 Å². The fourth-order valence-corrected chi connectivity index (χ4v) is 7.98. The molecule has 0 aliphatic rings. The second kappa shape index (κ2) is 10.8. The second-order valence-corrected chi connectivity index (χ2v) is 12.7. The third-order valence-electron chi connectivity index (χ3n) is 10.1. The first-order valence-electron chi connectivity index (χ1n) is 21.3. The van der Waals surface area contributed by atoms with Gasteiger partial charge in [-0.2, -0.15) is 0 Å². The highest BCUT2D eigenvalue weighted by atomic mass is 15.0. The van der Waals surface area contributed by atoms with Gasteiger partial charge in [0.1, 0.15) is 0 Å². The molecule has 0 radical (unpaired) electrons. The van der Waals surface area contributed by atoms with Gasteiger partial charge in [-0.05, 0) is 64.7 Å². The number of nitrogens with zero attached hydrogens (tertiary/aromatic N) is 2. The van der Waals surface area contributed by atoms with Gasteiger partial charge in [0.2, 0.25) is 0 Å². The lowest BCUT2D eigenvalue weighted by molar-refractivity contribution is 1.16. The van der Waals surface area contributed by atoms with Gasteiger partial charge in [0.05, 0.1) is 45.6 Å². The van der Waals surface area contributed by atoms with Gasteiger partial charge in [-0.25, -0.2) is 0 Å². The predicted octanol–water partition coefficient (Wildman–Crippen LogP) is 12.8. The fourth-order valence-electron chi connectivity index (χ4n) is 7.98. The fraction of sp³-hybridized carbons (Fsp3) is 0. The van der Waals surface area contributed by atoms with E-state index in [4.69, 9.17) is 11.0 Å². The number of hydrogen-bond donors (Lipinski definition) is 1. The Morgan fingerprint density at radius 2 is 1.08 bits per heavy atom. The van der Waals surface area contributed by atoms with Crippen LogP contribution in [0.2, 0.25) is 0 Å². The van der Waals surface area contributed by atoms with E-state index in [9.17, 15) is 1.37 Å². The molecule has 0 saturated heterocycles. The van der Waals surface area contributed by atoms with Gasteiger partial charge in [-0.3, -0.25) is 0 Å². The maximum atomic E-state index is 9.29. The summed E-state index contributed by atoms with van der Waals surface area (Å²) in [6, 6.07) is 38.1. The first-order chi connectivity index (χ1) is 29.1. The van der Waals surface area contributed by atoms with Crippen molar-refractivity contribution in [2.45, 2.75) is 0 Å². The van der Waals surface area contributed by atoms with Crippen LogP contribution in [0, 0.1) is 0 Å². The van der Waals surface area contributed by atoms with Gasteiger partial charge in [0.15, 0.2) is 0 Å². The van der Waals surface area contributed by atoms with Gasteiger partial charge in [-0.1, -0.05) is 139 Å². The van der Waals surface area contributed by atoms with Crippen LogP contribution in [0.3, 0.4) is 0 Å². The first kappa shape index (κ1) is 20.6. The lowest BCUT2D eigenvalue weighted by atomic mass is 9.92. The minimum absolute atomic E-state index is 0.0510. The first-order valence-corrected chi connectivity index (χ1v) is 16.8. The van der Waals surface area contributed by atoms with Crippen LogP contribution in [0.4, 0.5) is 0 Å². The molecule has 3 heteroatoms. The maximum Gasteiger partial charge on any atom is 0.0709 e. The highest BCUT2D eigenvalue weighted by molar-refractivity contribution is 6.18. The molecule has 0 bridgehead atoms. The van der Waals surface area contributed by atoms with Crippen LogP contribution in [0.1, 0.15) is 12.3 Å². The van der Waals surface area contributed by atoms with Crippen molar-refractivity contribution in [1.82, 2.24) is 14.1 Å². The Kier molecular flexibility index (Phi) is 4.38. The molecule has 1 N–H and O–H groups in total. The Morgan fingerprint density at radius 1 is 0.431 bits per heavy atom. The summed E-state index contributed by atoms with van der Waals surface area (Å²) in [7, 11) is 0. The van der Waals surface area contributed by atoms with Crippen molar-refractivity contribution in [3.05, 3.63) is 182 Å². The van der Waals surface area contributed by atoms with Crippen molar-refractivity contribution < 1.29 is 12.3 Å². The third kappa shape index (κ3) is 4.06. The highest BCUT2D eigenvalue weighted by Gasteiger charge is 2.20. The molecule has 0 amide bonds. The Morgan fingerprint density at radius 3 is 1.94 bits per heavy atom. The standard InChI is InChI=1S/C48H31N3/c1-2-14-31(15-3-1)33-16-4-5-17-34(33)38-21-12-26-44-47(38)40-20-8-11-25-43(40)50(44)32-28-29-37-36-19-7-10-24-42(36)51(46(37)30-32)45-27-13-22-39-35-18-6-9-23-41(35)49-48(39)45/h1-30,49H/i1D,2D,3D,4D,5D,14D,15D,16D,17D. The van der Waals surface area contributed by atoms with Crippen molar-refractivity contribution in [3.63, 3.8) is 0 Å². The van der Waals surface area contributed by atoms with Gasteiger partial charge in [0.25, 0.3) is 0 Å². The number of fused-ring (bicyclic) bond motifs is 9. The van der Waals surface area contributed by atoms with Gasteiger partial charge >= 0.3 is 0 Å². The molecule has 8 aromatic carbocycles. The summed E-state index contributed by atoms with van der Waals surface area (Å²) >= 11 is 0. The normalized spacial score (nSPS) is 14.4. The van der Waals surface area contributed by atoms with E-state index in [2.05, 4.69) is 93.0 Å². The van der Waals surface area contributed by atoms with Gasteiger partial charge < -0.3 is 14.1 Å². The number of benzene rings is 8. The van der Waals surface area contributed by atoms with Gasteiger partial charge in [-0.15, -0.1) is 0 Å². The molecular weight excluding hydrogens is 619 g/mol. The number of para-hydroxylation sites is 4. The molecular formula is C48H31N3. The predicted molar refractivity (Wildman–Crippen MR) is 215 cm³/mol. The summed E-state index contributed by atoms with van der Waals surface area (Å²) in [5.41, 5.74) is 7.66. The summed E-state index contributed by atoms with van der Waals surface area (Å²) in [6.07, 6.45) is 0. The largest absolute Gasteiger partial charge is 0.353 e. The quantitative estimate of drug-likeness (QED) is 0.195. The molecule has 11 aromatic rings.